The van der Waals surface area contributed by atoms with Crippen molar-refractivity contribution in [1.82, 2.24) is 14.7 Å². The van der Waals surface area contributed by atoms with Gasteiger partial charge in [0.1, 0.15) is 5.60 Å². The lowest BCUT2D eigenvalue weighted by Gasteiger charge is -2.26. The number of hydrogen-bond acceptors (Lipinski definition) is 4. The molecule has 1 fully saturated rings. The van der Waals surface area contributed by atoms with Gasteiger partial charge >= 0.3 is 6.09 Å². The van der Waals surface area contributed by atoms with Gasteiger partial charge in [-0.3, -0.25) is 9.69 Å². The van der Waals surface area contributed by atoms with E-state index in [1.165, 1.54) is 0 Å². The summed E-state index contributed by atoms with van der Waals surface area (Å²) in [5.74, 6) is 0.0933. The van der Waals surface area contributed by atoms with Gasteiger partial charge in [0.05, 0.1) is 6.54 Å². The number of carbonyl (C=O) groups is 2. The summed E-state index contributed by atoms with van der Waals surface area (Å²) in [4.78, 5) is 29.1. The van der Waals surface area contributed by atoms with Crippen molar-refractivity contribution in [1.29, 1.82) is 0 Å². The lowest BCUT2D eigenvalue weighted by atomic mass is 10.2. The van der Waals surface area contributed by atoms with Crippen LogP contribution in [0.25, 0.3) is 0 Å². The molecule has 1 rings (SSSR count). The Labute approximate surface area is 121 Å². The highest BCUT2D eigenvalue weighted by atomic mass is 16.6. The second kappa shape index (κ2) is 6.92. The Kier molecular flexibility index (Phi) is 5.80. The molecule has 20 heavy (non-hydrogen) atoms. The molecule has 2 amide bonds. The minimum Gasteiger partial charge on any atom is -0.444 e. The van der Waals surface area contributed by atoms with Crippen molar-refractivity contribution in [3.05, 3.63) is 0 Å². The molecule has 0 radical (unpaired) electrons. The third-order valence-corrected chi connectivity index (χ3v) is 3.10. The monoisotopic (exact) mass is 285 g/mol. The summed E-state index contributed by atoms with van der Waals surface area (Å²) in [5.41, 5.74) is -0.468. The average molecular weight is 285 g/mol. The van der Waals surface area contributed by atoms with E-state index in [0.29, 0.717) is 26.2 Å². The van der Waals surface area contributed by atoms with Gasteiger partial charge in [-0.15, -0.1) is 0 Å². The molecule has 1 aliphatic rings. The SMILES string of the molecule is CN(C)C(=O)CN1CCCN(C(=O)OC(C)(C)C)CC1. The van der Waals surface area contributed by atoms with Gasteiger partial charge in [0.25, 0.3) is 0 Å². The van der Waals surface area contributed by atoms with Gasteiger partial charge in [-0.05, 0) is 27.2 Å². The first-order valence-electron chi connectivity index (χ1n) is 7.09. The number of rotatable bonds is 2. The van der Waals surface area contributed by atoms with Crippen LogP contribution in [0.1, 0.15) is 27.2 Å². The summed E-state index contributed by atoms with van der Waals surface area (Å²) < 4.78 is 5.38. The number of hydrogen-bond donors (Lipinski definition) is 0. The van der Waals surface area contributed by atoms with Crippen molar-refractivity contribution in [2.24, 2.45) is 0 Å². The topological polar surface area (TPSA) is 53.1 Å². The molecule has 0 aromatic rings. The molecule has 6 heteroatoms. The quantitative estimate of drug-likeness (QED) is 0.760. The van der Waals surface area contributed by atoms with E-state index < -0.39 is 5.60 Å². The number of likely N-dealkylation sites (N-methyl/N-ethyl adjacent to an activating group) is 1. The summed E-state index contributed by atoms with van der Waals surface area (Å²) in [6.07, 6.45) is 0.596. The van der Waals surface area contributed by atoms with E-state index in [9.17, 15) is 9.59 Å². The van der Waals surface area contributed by atoms with Crippen molar-refractivity contribution in [2.45, 2.75) is 32.8 Å². The minimum absolute atomic E-state index is 0.0933. The molecule has 116 valence electrons. The summed E-state index contributed by atoms with van der Waals surface area (Å²) in [6, 6.07) is 0. The smallest absolute Gasteiger partial charge is 0.410 e. The highest BCUT2D eigenvalue weighted by molar-refractivity contribution is 5.77. The van der Waals surface area contributed by atoms with Crippen molar-refractivity contribution >= 4 is 12.0 Å². The fraction of sp³-hybridized carbons (Fsp3) is 0.857. The lowest BCUT2D eigenvalue weighted by molar-refractivity contribution is -0.129. The number of ether oxygens (including phenoxy) is 1. The predicted octanol–water partition coefficient (Wildman–Crippen LogP) is 1.02. The third kappa shape index (κ3) is 5.77. The van der Waals surface area contributed by atoms with Crippen molar-refractivity contribution < 1.29 is 14.3 Å². The zero-order chi connectivity index (χ0) is 15.3. The maximum atomic E-state index is 12.0. The molecule has 1 heterocycles. The average Bonchev–Trinajstić information content (AvgIpc) is 2.52. The van der Waals surface area contributed by atoms with Crippen LogP contribution in [0, 0.1) is 0 Å². The molecule has 6 nitrogen and oxygen atoms in total. The minimum atomic E-state index is -0.468. The number of nitrogens with zero attached hydrogens (tertiary/aromatic N) is 3. The second-order valence-electron chi connectivity index (χ2n) is 6.39. The van der Waals surface area contributed by atoms with E-state index in [1.54, 1.807) is 23.9 Å². The van der Waals surface area contributed by atoms with E-state index in [1.807, 2.05) is 20.8 Å². The molecule has 0 aromatic heterocycles. The molecule has 0 aliphatic carbocycles. The maximum Gasteiger partial charge on any atom is 0.410 e. The first kappa shape index (κ1) is 16.8. The van der Waals surface area contributed by atoms with Crippen LogP contribution in [0.2, 0.25) is 0 Å². The van der Waals surface area contributed by atoms with Crippen LogP contribution in [0.5, 0.6) is 0 Å². The van der Waals surface area contributed by atoms with Crippen molar-refractivity contribution in [3.63, 3.8) is 0 Å². The zero-order valence-electron chi connectivity index (χ0n) is 13.3. The van der Waals surface area contributed by atoms with Gasteiger partial charge in [-0.25, -0.2) is 4.79 Å². The molecule has 0 N–H and O–H groups in total. The predicted molar refractivity (Wildman–Crippen MR) is 77.6 cm³/mol. The van der Waals surface area contributed by atoms with Crippen molar-refractivity contribution in [2.75, 3.05) is 46.8 Å². The van der Waals surface area contributed by atoms with Crippen LogP contribution >= 0.6 is 0 Å². The molecule has 0 atom stereocenters. The van der Waals surface area contributed by atoms with Gasteiger partial charge in [-0.1, -0.05) is 0 Å². The number of carbonyl (C=O) groups excluding carboxylic acids is 2. The Bertz CT molecular complexity index is 350. The van der Waals surface area contributed by atoms with Crippen LogP contribution in [-0.2, 0) is 9.53 Å². The largest absolute Gasteiger partial charge is 0.444 e. The van der Waals surface area contributed by atoms with Gasteiger partial charge in [-0.2, -0.15) is 0 Å². The van der Waals surface area contributed by atoms with E-state index >= 15 is 0 Å². The Morgan fingerprint density at radius 2 is 1.75 bits per heavy atom. The Hall–Kier alpha value is -1.30. The molecule has 0 spiro atoms. The third-order valence-electron chi connectivity index (χ3n) is 3.10. The first-order valence-corrected chi connectivity index (χ1v) is 7.09. The normalized spacial score (nSPS) is 17.6. The van der Waals surface area contributed by atoms with Gasteiger partial charge < -0.3 is 14.5 Å². The summed E-state index contributed by atoms with van der Waals surface area (Å²) in [7, 11) is 3.51. The van der Waals surface area contributed by atoms with Crippen LogP contribution < -0.4 is 0 Å². The molecular weight excluding hydrogens is 258 g/mol. The molecule has 0 saturated carbocycles. The highest BCUT2D eigenvalue weighted by Gasteiger charge is 2.25. The van der Waals surface area contributed by atoms with E-state index in [-0.39, 0.29) is 12.0 Å². The molecule has 1 saturated heterocycles. The van der Waals surface area contributed by atoms with Crippen LogP contribution in [0.3, 0.4) is 0 Å². The van der Waals surface area contributed by atoms with Crippen LogP contribution in [-0.4, -0.2) is 79.1 Å². The van der Waals surface area contributed by atoms with Gasteiger partial charge in [0.2, 0.25) is 5.91 Å². The zero-order valence-corrected chi connectivity index (χ0v) is 13.3. The van der Waals surface area contributed by atoms with E-state index in [4.69, 9.17) is 4.74 Å². The van der Waals surface area contributed by atoms with E-state index in [2.05, 4.69) is 4.90 Å². The van der Waals surface area contributed by atoms with Gasteiger partial charge in [0.15, 0.2) is 0 Å². The summed E-state index contributed by atoms with van der Waals surface area (Å²) >= 11 is 0. The Morgan fingerprint density at radius 1 is 1.10 bits per heavy atom. The molecule has 0 unspecified atom stereocenters. The number of amides is 2. The lowest BCUT2D eigenvalue weighted by Crippen LogP contribution is -2.41. The van der Waals surface area contributed by atoms with Crippen molar-refractivity contribution in [3.8, 4) is 0 Å². The first-order chi connectivity index (χ1) is 9.19. The highest BCUT2D eigenvalue weighted by Crippen LogP contribution is 2.12. The van der Waals surface area contributed by atoms with Crippen LogP contribution in [0.4, 0.5) is 4.79 Å². The molecule has 0 bridgehead atoms. The van der Waals surface area contributed by atoms with E-state index in [0.717, 1.165) is 13.0 Å². The fourth-order valence-electron chi connectivity index (χ4n) is 1.97. The second-order valence-corrected chi connectivity index (χ2v) is 6.39. The standard InChI is InChI=1S/C14H27N3O3/c1-14(2,3)20-13(19)17-8-6-7-16(9-10-17)11-12(18)15(4)5/h6-11H2,1-5H3. The Morgan fingerprint density at radius 3 is 2.30 bits per heavy atom. The fourth-order valence-corrected chi connectivity index (χ4v) is 1.97. The van der Waals surface area contributed by atoms with Gasteiger partial charge in [0, 0.05) is 40.3 Å². The summed E-state index contributed by atoms with van der Waals surface area (Å²) in [5, 5.41) is 0. The Balaban J connectivity index is 2.47. The summed E-state index contributed by atoms with van der Waals surface area (Å²) in [6.45, 7) is 8.84. The molecule has 0 aromatic carbocycles. The van der Waals surface area contributed by atoms with Crippen LogP contribution in [0.15, 0.2) is 0 Å². The molecule has 1 aliphatic heterocycles. The molecular formula is C14H27N3O3. The maximum absolute atomic E-state index is 12.0.